The van der Waals surface area contributed by atoms with Gasteiger partial charge in [-0.05, 0) is 41.5 Å². The number of hydrogen-bond donors (Lipinski definition) is 2. The van der Waals surface area contributed by atoms with E-state index in [1.807, 2.05) is 0 Å². The lowest BCUT2D eigenvalue weighted by molar-refractivity contribution is -0.104. The van der Waals surface area contributed by atoms with Crippen LogP contribution in [0.5, 0.6) is 17.2 Å². The Hall–Kier alpha value is -2.83. The van der Waals surface area contributed by atoms with Crippen LogP contribution in [-0.4, -0.2) is 36.8 Å². The third kappa shape index (κ3) is 3.29. The molecule has 0 aromatic heterocycles. The van der Waals surface area contributed by atoms with E-state index in [0.29, 0.717) is 40.2 Å². The molecule has 3 rings (SSSR count). The van der Waals surface area contributed by atoms with Gasteiger partial charge in [0.25, 0.3) is 0 Å². The van der Waals surface area contributed by atoms with Gasteiger partial charge in [0.05, 0.1) is 19.8 Å². The summed E-state index contributed by atoms with van der Waals surface area (Å²) in [6, 6.07) is 10.5. The number of carbonyl (C=O) groups is 1. The quantitative estimate of drug-likeness (QED) is 0.632. The van der Waals surface area contributed by atoms with Gasteiger partial charge in [0.1, 0.15) is 35.7 Å². The summed E-state index contributed by atoms with van der Waals surface area (Å²) < 4.78 is 16.5. The van der Waals surface area contributed by atoms with E-state index in [-0.39, 0.29) is 0 Å². The Morgan fingerprint density at radius 2 is 1.92 bits per heavy atom. The van der Waals surface area contributed by atoms with Gasteiger partial charge in [-0.25, -0.2) is 0 Å². The first-order chi connectivity index (χ1) is 12.6. The molecule has 2 N–H and O–H groups in total. The zero-order chi connectivity index (χ0) is 18.7. The van der Waals surface area contributed by atoms with E-state index in [2.05, 4.69) is 0 Å². The minimum atomic E-state index is -1.19. The zero-order valence-electron chi connectivity index (χ0n) is 14.5. The maximum Gasteiger partial charge on any atom is 0.153 e. The molecule has 1 aliphatic rings. The molecule has 2 aromatic rings. The van der Waals surface area contributed by atoms with Crippen LogP contribution in [0.3, 0.4) is 0 Å². The molecule has 26 heavy (non-hydrogen) atoms. The molecule has 6 heteroatoms. The Bertz CT molecular complexity index is 829. The van der Waals surface area contributed by atoms with Crippen LogP contribution in [0.1, 0.15) is 28.9 Å². The first-order valence-corrected chi connectivity index (χ1v) is 8.09. The lowest BCUT2D eigenvalue weighted by Crippen LogP contribution is -2.34. The molecule has 1 aliphatic heterocycles. The normalized spacial score (nSPS) is 21.8. The van der Waals surface area contributed by atoms with Crippen LogP contribution in [0.2, 0.25) is 0 Å². The molecule has 0 saturated carbocycles. The molecule has 1 heterocycles. The van der Waals surface area contributed by atoms with Crippen molar-refractivity contribution in [3.63, 3.8) is 0 Å². The number of hydrogen-bond acceptors (Lipinski definition) is 6. The van der Waals surface area contributed by atoms with Crippen LogP contribution in [-0.2, 0) is 4.79 Å². The summed E-state index contributed by atoms with van der Waals surface area (Å²) in [4.78, 5) is 10.6. The van der Waals surface area contributed by atoms with Crippen LogP contribution < -0.4 is 14.2 Å². The van der Waals surface area contributed by atoms with Gasteiger partial charge in [0.2, 0.25) is 0 Å². The van der Waals surface area contributed by atoms with E-state index in [9.17, 15) is 15.0 Å². The fraction of sp³-hybridized carbons (Fsp3) is 0.250. The van der Waals surface area contributed by atoms with Crippen LogP contribution in [0.4, 0.5) is 0 Å². The number of aliphatic hydroxyl groups is 2. The molecule has 0 aliphatic carbocycles. The fourth-order valence-electron chi connectivity index (χ4n) is 3.05. The third-order valence-electron chi connectivity index (χ3n) is 4.32. The molecule has 136 valence electrons. The highest BCUT2D eigenvalue weighted by Crippen LogP contribution is 2.46. The molecule has 0 amide bonds. The molecule has 0 spiro atoms. The van der Waals surface area contributed by atoms with Crippen molar-refractivity contribution in [3.8, 4) is 17.2 Å². The van der Waals surface area contributed by atoms with E-state index in [1.165, 1.54) is 13.2 Å². The minimum absolute atomic E-state index is 0.377. The summed E-state index contributed by atoms with van der Waals surface area (Å²) in [5.41, 5.74) is 1.73. The predicted octanol–water partition coefficient (Wildman–Crippen LogP) is 2.44. The van der Waals surface area contributed by atoms with Crippen molar-refractivity contribution in [2.45, 2.75) is 18.3 Å². The van der Waals surface area contributed by atoms with Gasteiger partial charge in [-0.15, -0.1) is 0 Å². The Labute approximate surface area is 151 Å². The first kappa shape index (κ1) is 18.0. The minimum Gasteiger partial charge on any atom is -0.497 e. The standard InChI is InChI=1S/C20H20O6/c1-24-14-7-3-6-13(11-14)20-19(23)18(22)17-15(25-2)9-12(5-4-8-21)10-16(17)26-20/h3-11,18-20,22-23H,1-2H3/b5-4+/t18-,19-,20+/m0/s1. The average molecular weight is 356 g/mol. The second-order valence-electron chi connectivity index (χ2n) is 5.88. The van der Waals surface area contributed by atoms with E-state index in [4.69, 9.17) is 14.2 Å². The first-order valence-electron chi connectivity index (χ1n) is 8.09. The average Bonchev–Trinajstić information content (AvgIpc) is 2.68. The van der Waals surface area contributed by atoms with Gasteiger partial charge in [-0.2, -0.15) is 0 Å². The SMILES string of the molecule is COc1cccc([C@H]2Oc3cc(/C=C/C=O)cc(OC)c3[C@H](O)[C@@H]2O)c1. The number of ether oxygens (including phenoxy) is 3. The lowest BCUT2D eigenvalue weighted by atomic mass is 9.90. The number of aliphatic hydroxyl groups excluding tert-OH is 2. The summed E-state index contributed by atoms with van der Waals surface area (Å²) in [5, 5.41) is 21.3. The van der Waals surface area contributed by atoms with E-state index < -0.39 is 18.3 Å². The van der Waals surface area contributed by atoms with Crippen LogP contribution in [0.15, 0.2) is 42.5 Å². The summed E-state index contributed by atoms with van der Waals surface area (Å²) >= 11 is 0. The van der Waals surface area contributed by atoms with Crippen molar-refractivity contribution in [2.24, 2.45) is 0 Å². The Balaban J connectivity index is 2.06. The summed E-state index contributed by atoms with van der Waals surface area (Å²) in [6.07, 6.45) is 0.493. The van der Waals surface area contributed by atoms with Crippen LogP contribution in [0, 0.1) is 0 Å². The van der Waals surface area contributed by atoms with Crippen molar-refractivity contribution >= 4 is 12.4 Å². The molecule has 0 saturated heterocycles. The van der Waals surface area contributed by atoms with E-state index >= 15 is 0 Å². The second-order valence-corrected chi connectivity index (χ2v) is 5.88. The number of aldehydes is 1. The van der Waals surface area contributed by atoms with E-state index in [0.717, 1.165) is 0 Å². The maximum atomic E-state index is 10.7. The van der Waals surface area contributed by atoms with Gasteiger partial charge in [0.15, 0.2) is 6.10 Å². The molecule has 3 atom stereocenters. The largest absolute Gasteiger partial charge is 0.497 e. The molecular weight excluding hydrogens is 336 g/mol. The summed E-state index contributed by atoms with van der Waals surface area (Å²) in [5.74, 6) is 1.39. The van der Waals surface area contributed by atoms with Crippen molar-refractivity contribution in [2.75, 3.05) is 14.2 Å². The highest BCUT2D eigenvalue weighted by molar-refractivity contribution is 5.75. The highest BCUT2D eigenvalue weighted by Gasteiger charge is 2.39. The Kier molecular flexibility index (Phi) is 5.25. The Morgan fingerprint density at radius 1 is 1.12 bits per heavy atom. The number of allylic oxidation sites excluding steroid dienone is 1. The second kappa shape index (κ2) is 7.59. The van der Waals surface area contributed by atoms with Gasteiger partial charge in [-0.3, -0.25) is 4.79 Å². The lowest BCUT2D eigenvalue weighted by Gasteiger charge is -2.35. The molecule has 6 nitrogen and oxygen atoms in total. The van der Waals surface area contributed by atoms with Crippen LogP contribution in [0.25, 0.3) is 6.08 Å². The summed E-state index contributed by atoms with van der Waals surface area (Å²) in [6.45, 7) is 0. The maximum absolute atomic E-state index is 10.7. The van der Waals surface area contributed by atoms with Gasteiger partial charge in [0, 0.05) is 0 Å². The molecular formula is C20H20O6. The fourth-order valence-corrected chi connectivity index (χ4v) is 3.05. The number of benzene rings is 2. The number of carbonyl (C=O) groups excluding carboxylic acids is 1. The van der Waals surface area contributed by atoms with Crippen molar-refractivity contribution in [1.82, 2.24) is 0 Å². The van der Waals surface area contributed by atoms with Gasteiger partial charge < -0.3 is 24.4 Å². The molecule has 0 fully saturated rings. The van der Waals surface area contributed by atoms with Crippen LogP contribution >= 0.6 is 0 Å². The topological polar surface area (TPSA) is 85.2 Å². The predicted molar refractivity (Wildman–Crippen MR) is 95.4 cm³/mol. The number of rotatable bonds is 5. The molecule has 0 bridgehead atoms. The number of methoxy groups -OCH3 is 2. The Morgan fingerprint density at radius 3 is 2.62 bits per heavy atom. The van der Waals surface area contributed by atoms with Crippen molar-refractivity contribution in [3.05, 3.63) is 59.2 Å². The molecule has 0 unspecified atom stereocenters. The van der Waals surface area contributed by atoms with Gasteiger partial charge >= 0.3 is 0 Å². The smallest absolute Gasteiger partial charge is 0.153 e. The summed E-state index contributed by atoms with van der Waals surface area (Å²) in [7, 11) is 3.02. The number of fused-ring (bicyclic) bond motifs is 1. The highest BCUT2D eigenvalue weighted by atomic mass is 16.5. The zero-order valence-corrected chi connectivity index (χ0v) is 14.5. The third-order valence-corrected chi connectivity index (χ3v) is 4.32. The van der Waals surface area contributed by atoms with E-state index in [1.54, 1.807) is 49.6 Å². The van der Waals surface area contributed by atoms with Crippen molar-refractivity contribution in [1.29, 1.82) is 0 Å². The monoisotopic (exact) mass is 356 g/mol. The molecule has 2 aromatic carbocycles. The van der Waals surface area contributed by atoms with Gasteiger partial charge in [-0.1, -0.05) is 18.2 Å². The van der Waals surface area contributed by atoms with Crippen molar-refractivity contribution < 1.29 is 29.2 Å². The molecule has 0 radical (unpaired) electrons.